The summed E-state index contributed by atoms with van der Waals surface area (Å²) >= 11 is 7.51. The van der Waals surface area contributed by atoms with Crippen LogP contribution in [0.1, 0.15) is 16.8 Å². The molecule has 1 heterocycles. The Labute approximate surface area is 203 Å². The van der Waals surface area contributed by atoms with Crippen molar-refractivity contribution in [2.45, 2.75) is 11.3 Å². The third-order valence-electron chi connectivity index (χ3n) is 5.53. The quantitative estimate of drug-likeness (QED) is 0.459. The van der Waals surface area contributed by atoms with E-state index in [9.17, 15) is 9.59 Å². The number of hydrogen-bond donors (Lipinski definition) is 1. The lowest BCUT2D eigenvalue weighted by Crippen LogP contribution is -2.48. The minimum absolute atomic E-state index is 0.0471. The summed E-state index contributed by atoms with van der Waals surface area (Å²) in [6, 6.07) is 25.0. The summed E-state index contributed by atoms with van der Waals surface area (Å²) in [4.78, 5) is 31.0. The van der Waals surface area contributed by atoms with Crippen LogP contribution in [0.15, 0.2) is 83.8 Å². The minimum Gasteiger partial charge on any atom is -0.368 e. The van der Waals surface area contributed by atoms with Gasteiger partial charge in [0.1, 0.15) is 0 Å². The van der Waals surface area contributed by atoms with Gasteiger partial charge in [0.15, 0.2) is 0 Å². The first kappa shape index (κ1) is 23.2. The molecule has 0 radical (unpaired) electrons. The molecule has 1 aliphatic heterocycles. The number of piperazine rings is 1. The van der Waals surface area contributed by atoms with Crippen molar-refractivity contribution >= 4 is 46.6 Å². The average molecular weight is 480 g/mol. The van der Waals surface area contributed by atoms with Gasteiger partial charge in [-0.25, -0.2) is 0 Å². The van der Waals surface area contributed by atoms with Crippen LogP contribution in [-0.4, -0.2) is 48.6 Å². The summed E-state index contributed by atoms with van der Waals surface area (Å²) in [6.45, 7) is 2.86. The molecule has 1 fully saturated rings. The summed E-state index contributed by atoms with van der Waals surface area (Å²) in [6.07, 6.45) is 0.353. The van der Waals surface area contributed by atoms with E-state index in [1.807, 2.05) is 59.5 Å². The van der Waals surface area contributed by atoms with E-state index < -0.39 is 0 Å². The van der Waals surface area contributed by atoms with E-state index in [1.54, 1.807) is 23.9 Å². The second-order valence-corrected chi connectivity index (χ2v) is 9.37. The number of hydrogen-bond acceptors (Lipinski definition) is 4. The largest absolute Gasteiger partial charge is 0.368 e. The predicted octanol–water partition coefficient (Wildman–Crippen LogP) is 5.42. The second kappa shape index (κ2) is 11.3. The third kappa shape index (κ3) is 6.30. The smallest absolute Gasteiger partial charge is 0.256 e. The molecule has 33 heavy (non-hydrogen) atoms. The van der Waals surface area contributed by atoms with Gasteiger partial charge in [0.05, 0.1) is 11.3 Å². The van der Waals surface area contributed by atoms with Crippen molar-refractivity contribution in [1.29, 1.82) is 0 Å². The summed E-state index contributed by atoms with van der Waals surface area (Å²) in [7, 11) is 0. The standard InChI is InChI=1S/C26H26ClN3O2S/c27-20-10-12-22(13-11-20)33-19-14-25(31)28-24-9-5-4-8-23(24)26(32)30-17-15-29(16-18-30)21-6-2-1-3-7-21/h1-13H,14-19H2,(H,28,31). The summed E-state index contributed by atoms with van der Waals surface area (Å²) in [5.41, 5.74) is 2.27. The Morgan fingerprint density at radius 3 is 2.24 bits per heavy atom. The Hall–Kier alpha value is -2.96. The number of nitrogens with zero attached hydrogens (tertiary/aromatic N) is 2. The van der Waals surface area contributed by atoms with Crippen molar-refractivity contribution in [3.8, 4) is 0 Å². The van der Waals surface area contributed by atoms with Crippen LogP contribution >= 0.6 is 23.4 Å². The van der Waals surface area contributed by atoms with Crippen molar-refractivity contribution in [3.63, 3.8) is 0 Å². The van der Waals surface area contributed by atoms with Crippen LogP contribution in [0.25, 0.3) is 0 Å². The lowest BCUT2D eigenvalue weighted by atomic mass is 10.1. The van der Waals surface area contributed by atoms with E-state index in [-0.39, 0.29) is 11.8 Å². The van der Waals surface area contributed by atoms with E-state index in [2.05, 4.69) is 22.3 Å². The van der Waals surface area contributed by atoms with Gasteiger partial charge in [-0.05, 0) is 48.5 Å². The molecule has 0 aromatic heterocycles. The van der Waals surface area contributed by atoms with Crippen molar-refractivity contribution in [2.75, 3.05) is 42.1 Å². The summed E-state index contributed by atoms with van der Waals surface area (Å²) < 4.78 is 0. The molecule has 0 saturated carbocycles. The fourth-order valence-electron chi connectivity index (χ4n) is 3.76. The van der Waals surface area contributed by atoms with E-state index in [0.29, 0.717) is 41.5 Å². The molecule has 0 aliphatic carbocycles. The molecule has 7 heteroatoms. The lowest BCUT2D eigenvalue weighted by Gasteiger charge is -2.36. The molecule has 0 atom stereocenters. The van der Waals surface area contributed by atoms with Crippen molar-refractivity contribution in [1.82, 2.24) is 4.90 Å². The maximum absolute atomic E-state index is 13.2. The summed E-state index contributed by atoms with van der Waals surface area (Å²) in [5.74, 6) is 0.491. The number of halogens is 1. The van der Waals surface area contributed by atoms with E-state index in [1.165, 1.54) is 5.69 Å². The third-order valence-corrected chi connectivity index (χ3v) is 6.80. The highest BCUT2D eigenvalue weighted by Crippen LogP contribution is 2.23. The Balaban J connectivity index is 1.31. The van der Waals surface area contributed by atoms with Gasteiger partial charge >= 0.3 is 0 Å². The fraction of sp³-hybridized carbons (Fsp3) is 0.231. The first-order valence-electron chi connectivity index (χ1n) is 11.0. The normalized spacial score (nSPS) is 13.6. The summed E-state index contributed by atoms with van der Waals surface area (Å²) in [5, 5.41) is 3.62. The number of carbonyl (C=O) groups is 2. The van der Waals surface area contributed by atoms with Gasteiger partial charge in [0.25, 0.3) is 5.91 Å². The molecule has 4 rings (SSSR count). The van der Waals surface area contributed by atoms with Crippen LogP contribution < -0.4 is 10.2 Å². The van der Waals surface area contributed by atoms with Crippen LogP contribution in [0.3, 0.4) is 0 Å². The SMILES string of the molecule is O=C(CCSc1ccc(Cl)cc1)Nc1ccccc1C(=O)N1CCN(c2ccccc2)CC1. The van der Waals surface area contributed by atoms with Crippen molar-refractivity contribution in [3.05, 3.63) is 89.4 Å². The molecule has 0 bridgehead atoms. The molecule has 2 amide bonds. The lowest BCUT2D eigenvalue weighted by molar-refractivity contribution is -0.115. The van der Waals surface area contributed by atoms with E-state index in [0.717, 1.165) is 18.0 Å². The number of benzene rings is 3. The Morgan fingerprint density at radius 2 is 1.52 bits per heavy atom. The topological polar surface area (TPSA) is 52.7 Å². The highest BCUT2D eigenvalue weighted by Gasteiger charge is 2.24. The van der Waals surface area contributed by atoms with E-state index >= 15 is 0 Å². The van der Waals surface area contributed by atoms with Gasteiger partial charge in [-0.3, -0.25) is 9.59 Å². The van der Waals surface area contributed by atoms with Crippen LogP contribution in [0.2, 0.25) is 5.02 Å². The molecule has 5 nitrogen and oxygen atoms in total. The number of amides is 2. The van der Waals surface area contributed by atoms with Gasteiger partial charge in [0, 0.05) is 54.0 Å². The average Bonchev–Trinajstić information content (AvgIpc) is 2.86. The van der Waals surface area contributed by atoms with Crippen LogP contribution in [-0.2, 0) is 4.79 Å². The van der Waals surface area contributed by atoms with Crippen LogP contribution in [0.5, 0.6) is 0 Å². The van der Waals surface area contributed by atoms with Crippen molar-refractivity contribution in [2.24, 2.45) is 0 Å². The maximum atomic E-state index is 13.2. The zero-order chi connectivity index (χ0) is 23.0. The molecule has 1 aliphatic rings. The number of thioether (sulfide) groups is 1. The minimum atomic E-state index is -0.106. The number of para-hydroxylation sites is 2. The highest BCUT2D eigenvalue weighted by atomic mass is 35.5. The van der Waals surface area contributed by atoms with Crippen LogP contribution in [0, 0.1) is 0 Å². The van der Waals surface area contributed by atoms with Gasteiger partial charge in [-0.15, -0.1) is 11.8 Å². The highest BCUT2D eigenvalue weighted by molar-refractivity contribution is 7.99. The Bertz CT molecular complexity index is 1080. The number of nitrogens with one attached hydrogen (secondary N) is 1. The zero-order valence-electron chi connectivity index (χ0n) is 18.2. The molecule has 170 valence electrons. The Morgan fingerprint density at radius 1 is 0.848 bits per heavy atom. The number of carbonyl (C=O) groups excluding carboxylic acids is 2. The number of rotatable bonds is 7. The molecule has 3 aromatic rings. The molecule has 3 aromatic carbocycles. The number of anilines is 2. The van der Waals surface area contributed by atoms with E-state index in [4.69, 9.17) is 11.6 Å². The predicted molar refractivity (Wildman–Crippen MR) is 136 cm³/mol. The molecule has 1 saturated heterocycles. The first-order valence-corrected chi connectivity index (χ1v) is 12.3. The molecule has 1 N–H and O–H groups in total. The van der Waals surface area contributed by atoms with Gasteiger partial charge in [0.2, 0.25) is 5.91 Å². The monoisotopic (exact) mass is 479 g/mol. The molecule has 0 spiro atoms. The van der Waals surface area contributed by atoms with Crippen molar-refractivity contribution < 1.29 is 9.59 Å². The first-order chi connectivity index (χ1) is 16.1. The van der Waals surface area contributed by atoms with Crippen LogP contribution in [0.4, 0.5) is 11.4 Å². The second-order valence-electron chi connectivity index (χ2n) is 7.76. The van der Waals surface area contributed by atoms with Gasteiger partial charge in [-0.1, -0.05) is 41.9 Å². The molecular formula is C26H26ClN3O2S. The molecule has 0 unspecified atom stereocenters. The zero-order valence-corrected chi connectivity index (χ0v) is 19.8. The van der Waals surface area contributed by atoms with Gasteiger partial charge in [-0.2, -0.15) is 0 Å². The Kier molecular flexibility index (Phi) is 7.92. The molecular weight excluding hydrogens is 454 g/mol. The van der Waals surface area contributed by atoms with Gasteiger partial charge < -0.3 is 15.1 Å². The maximum Gasteiger partial charge on any atom is 0.256 e. The fourth-order valence-corrected chi connectivity index (χ4v) is 4.74.